The van der Waals surface area contributed by atoms with Crippen LogP contribution in [0.15, 0.2) is 30.3 Å². The number of halogens is 3. The maximum Gasteiger partial charge on any atom is 0.414 e. The van der Waals surface area contributed by atoms with Crippen LogP contribution in [0.1, 0.15) is 33.3 Å². The summed E-state index contributed by atoms with van der Waals surface area (Å²) in [6.45, 7) is 14.9. The van der Waals surface area contributed by atoms with Gasteiger partial charge in [0.15, 0.2) is 0 Å². The monoisotopic (exact) mass is 570 g/mol. The van der Waals surface area contributed by atoms with Crippen molar-refractivity contribution >= 4 is 23.8 Å². The maximum absolute atomic E-state index is 15.5. The summed E-state index contributed by atoms with van der Waals surface area (Å²) in [5.41, 5.74) is -2.33. The van der Waals surface area contributed by atoms with Gasteiger partial charge in [-0.25, -0.2) is 29.3 Å². The average molecular weight is 571 g/mol. The fourth-order valence-electron chi connectivity index (χ4n) is 5.79. The third-order valence-electron chi connectivity index (χ3n) is 7.66. The van der Waals surface area contributed by atoms with E-state index in [2.05, 4.69) is 10.2 Å². The second-order valence-electron chi connectivity index (χ2n) is 11.6. The van der Waals surface area contributed by atoms with E-state index < -0.39 is 52.4 Å². The highest BCUT2D eigenvalue weighted by atomic mass is 19.1. The number of fused-ring (bicyclic) bond motifs is 1. The Balaban J connectivity index is 1.34. The number of nitrogens with one attached hydrogen (secondary N) is 1. The Hall–Kier alpha value is -4.27. The molecule has 0 aromatic heterocycles. The van der Waals surface area contributed by atoms with Crippen LogP contribution in [-0.4, -0.2) is 60.9 Å². The third-order valence-corrected chi connectivity index (χ3v) is 7.66. The van der Waals surface area contributed by atoms with Crippen molar-refractivity contribution in [2.45, 2.75) is 44.9 Å². The molecule has 5 rings (SSSR count). The van der Waals surface area contributed by atoms with E-state index in [9.17, 15) is 14.4 Å². The quantitative estimate of drug-likeness (QED) is 0.520. The van der Waals surface area contributed by atoms with Crippen LogP contribution in [-0.2, 0) is 19.8 Å². The lowest BCUT2D eigenvalue weighted by atomic mass is 9.95. The Morgan fingerprint density at radius 1 is 1.10 bits per heavy atom. The highest BCUT2D eigenvalue weighted by Crippen LogP contribution is 2.65. The molecule has 1 unspecified atom stereocenters. The topological polar surface area (TPSA) is 92.5 Å². The van der Waals surface area contributed by atoms with E-state index >= 15 is 13.2 Å². The van der Waals surface area contributed by atoms with Crippen LogP contribution >= 0.6 is 0 Å². The summed E-state index contributed by atoms with van der Waals surface area (Å²) >= 11 is 0. The van der Waals surface area contributed by atoms with Crippen molar-refractivity contribution in [2.75, 3.05) is 31.1 Å². The lowest BCUT2D eigenvalue weighted by Crippen LogP contribution is -2.38. The molecule has 2 aromatic rings. The number of cyclic esters (lactones) is 1. The Morgan fingerprint density at radius 2 is 1.73 bits per heavy atom. The fourth-order valence-corrected chi connectivity index (χ4v) is 5.79. The molecular formula is C29H29F3N4O5. The molecule has 2 saturated heterocycles. The molecule has 1 aliphatic carbocycles. The summed E-state index contributed by atoms with van der Waals surface area (Å²) in [7, 11) is 0. The van der Waals surface area contributed by atoms with Gasteiger partial charge in [-0.2, -0.15) is 0 Å². The Kier molecular flexibility index (Phi) is 6.88. The van der Waals surface area contributed by atoms with Gasteiger partial charge in [0.25, 0.3) is 5.54 Å². The van der Waals surface area contributed by atoms with Crippen molar-refractivity contribution in [1.82, 2.24) is 10.2 Å². The van der Waals surface area contributed by atoms with Crippen LogP contribution in [0.2, 0.25) is 0 Å². The summed E-state index contributed by atoms with van der Waals surface area (Å²) in [6.07, 6.45) is -1.99. The van der Waals surface area contributed by atoms with Crippen LogP contribution in [0.5, 0.6) is 0 Å². The first kappa shape index (κ1) is 28.3. The van der Waals surface area contributed by atoms with Crippen molar-refractivity contribution < 1.29 is 37.0 Å². The van der Waals surface area contributed by atoms with Crippen LogP contribution in [0.3, 0.4) is 0 Å². The van der Waals surface area contributed by atoms with E-state index in [4.69, 9.17) is 16.0 Å². The van der Waals surface area contributed by atoms with Crippen molar-refractivity contribution in [1.29, 1.82) is 0 Å². The van der Waals surface area contributed by atoms with Crippen LogP contribution in [0, 0.1) is 35.9 Å². The average Bonchev–Trinajstić information content (AvgIpc) is 3.16. The Morgan fingerprint density at radius 3 is 2.27 bits per heavy atom. The van der Waals surface area contributed by atoms with Gasteiger partial charge in [-0.05, 0) is 50.6 Å². The first-order chi connectivity index (χ1) is 19.2. The van der Waals surface area contributed by atoms with E-state index in [-0.39, 0.29) is 60.7 Å². The first-order valence-corrected chi connectivity index (χ1v) is 13.1. The van der Waals surface area contributed by atoms with E-state index in [1.54, 1.807) is 20.8 Å². The van der Waals surface area contributed by atoms with Crippen LogP contribution in [0.25, 0.3) is 16.0 Å². The molecule has 216 valence electrons. The lowest BCUT2D eigenvalue weighted by molar-refractivity contribution is -0.119. The first-order valence-electron chi connectivity index (χ1n) is 13.1. The van der Waals surface area contributed by atoms with E-state index in [1.807, 2.05) is 0 Å². The SMILES string of the molecule is [C-]#[N+]C1(c2ccc(-c3c(F)cc(N4C[C@H](CNC(C)=O)OC4=O)cc3F)cc2F)[C@@H]2CN(C(=O)OC(C)(C)C)C[C@@H]21. The van der Waals surface area contributed by atoms with Gasteiger partial charge in [-0.3, -0.25) is 9.69 Å². The standard InChI is InChI=1S/C29H29F3N4O5/c1-15(37)34-11-18-12-36(27(39)40-18)17-9-23(31)25(24(32)10-17)16-6-7-19(22(30)8-16)29(33-5)20-13-35(14-21(20)29)26(38)41-28(2,3)4/h6-10,18,20-21H,11-14H2,1-4H3,(H,34,37)/t18-,20-,21+,29?/m0/s1. The van der Waals surface area contributed by atoms with Gasteiger partial charge in [0.05, 0.1) is 41.7 Å². The smallest absolute Gasteiger partial charge is 0.414 e. The number of hydrogen-bond acceptors (Lipinski definition) is 5. The Labute approximate surface area is 235 Å². The zero-order valence-electron chi connectivity index (χ0n) is 23.0. The zero-order chi connectivity index (χ0) is 29.9. The molecule has 1 N–H and O–H groups in total. The number of ether oxygens (including phenoxy) is 2. The minimum Gasteiger partial charge on any atom is -0.444 e. The molecule has 3 aliphatic rings. The van der Waals surface area contributed by atoms with Crippen molar-refractivity contribution in [2.24, 2.45) is 11.8 Å². The number of amides is 3. The number of anilines is 1. The largest absolute Gasteiger partial charge is 0.444 e. The molecule has 3 fully saturated rings. The van der Waals surface area contributed by atoms with Crippen molar-refractivity contribution in [3.63, 3.8) is 0 Å². The number of rotatable bonds is 5. The molecular weight excluding hydrogens is 541 g/mol. The number of hydrogen-bond donors (Lipinski definition) is 1. The summed E-state index contributed by atoms with van der Waals surface area (Å²) in [6, 6.07) is 5.65. The minimum absolute atomic E-state index is 0.0208. The number of piperidine rings is 1. The summed E-state index contributed by atoms with van der Waals surface area (Å²) in [4.78, 5) is 42.1. The van der Waals surface area contributed by atoms with Gasteiger partial charge in [0.2, 0.25) is 5.91 Å². The highest BCUT2D eigenvalue weighted by molar-refractivity contribution is 5.90. The van der Waals surface area contributed by atoms with Crippen molar-refractivity contribution in [3.8, 4) is 11.1 Å². The van der Waals surface area contributed by atoms with Crippen LogP contribution < -0.4 is 10.2 Å². The predicted octanol–water partition coefficient (Wildman–Crippen LogP) is 4.84. The fraction of sp³-hybridized carbons (Fsp3) is 0.448. The molecule has 2 aromatic carbocycles. The van der Waals surface area contributed by atoms with Crippen LogP contribution in [0.4, 0.5) is 28.4 Å². The Bertz CT molecular complexity index is 1450. The maximum atomic E-state index is 15.5. The highest BCUT2D eigenvalue weighted by Gasteiger charge is 2.78. The van der Waals surface area contributed by atoms with Gasteiger partial charge in [0, 0.05) is 20.0 Å². The number of benzene rings is 2. The molecule has 2 heterocycles. The summed E-state index contributed by atoms with van der Waals surface area (Å²) < 4.78 is 56.4. The summed E-state index contributed by atoms with van der Waals surface area (Å²) in [5.74, 6) is -3.67. The number of carbonyl (C=O) groups is 3. The molecule has 0 radical (unpaired) electrons. The molecule has 1 saturated carbocycles. The number of likely N-dealkylation sites (tertiary alicyclic amines) is 1. The number of carbonyl (C=O) groups excluding carboxylic acids is 3. The molecule has 9 nitrogen and oxygen atoms in total. The minimum atomic E-state index is -1.16. The molecule has 0 spiro atoms. The van der Waals surface area contributed by atoms with Crippen molar-refractivity contribution in [3.05, 3.63) is 64.8 Å². The second kappa shape index (κ2) is 9.98. The third kappa shape index (κ3) is 5.05. The summed E-state index contributed by atoms with van der Waals surface area (Å²) in [5, 5.41) is 2.52. The van der Waals surface area contributed by atoms with Gasteiger partial charge in [-0.1, -0.05) is 6.07 Å². The zero-order valence-corrected chi connectivity index (χ0v) is 23.0. The second-order valence-corrected chi connectivity index (χ2v) is 11.6. The lowest BCUT2D eigenvalue weighted by Gasteiger charge is -2.26. The van der Waals surface area contributed by atoms with Gasteiger partial charge in [0.1, 0.15) is 29.2 Å². The molecule has 41 heavy (non-hydrogen) atoms. The van der Waals surface area contributed by atoms with E-state index in [0.717, 1.165) is 23.1 Å². The molecule has 0 bridgehead atoms. The van der Waals surface area contributed by atoms with Gasteiger partial charge < -0.3 is 24.5 Å². The normalized spacial score (nSPS) is 24.9. The number of nitrogens with zero attached hydrogens (tertiary/aromatic N) is 3. The molecule has 3 amide bonds. The van der Waals surface area contributed by atoms with E-state index in [1.165, 1.54) is 24.0 Å². The molecule has 12 heteroatoms. The molecule has 2 aliphatic heterocycles. The van der Waals surface area contributed by atoms with Gasteiger partial charge in [-0.15, -0.1) is 0 Å². The van der Waals surface area contributed by atoms with Gasteiger partial charge >= 0.3 is 12.2 Å². The predicted molar refractivity (Wildman–Crippen MR) is 141 cm³/mol. The van der Waals surface area contributed by atoms with E-state index in [0.29, 0.717) is 0 Å². The molecule has 4 atom stereocenters.